The molecule has 0 radical (unpaired) electrons. The van der Waals surface area contributed by atoms with Crippen LogP contribution in [0.3, 0.4) is 0 Å². The van der Waals surface area contributed by atoms with Crippen molar-refractivity contribution < 1.29 is 4.74 Å². The largest absolute Gasteiger partial charge is 0.492 e. The van der Waals surface area contributed by atoms with Gasteiger partial charge in [0.2, 0.25) is 0 Å². The molecule has 0 saturated carbocycles. The van der Waals surface area contributed by atoms with Gasteiger partial charge in [-0.1, -0.05) is 56.3 Å². The molecule has 0 unspecified atom stereocenters. The zero-order chi connectivity index (χ0) is 16.3. The lowest BCUT2D eigenvalue weighted by molar-refractivity contribution is 0.223. The summed E-state index contributed by atoms with van der Waals surface area (Å²) in [7, 11) is 0. The summed E-state index contributed by atoms with van der Waals surface area (Å²) in [6.07, 6.45) is 3.45. The normalized spacial score (nSPS) is 10.9. The SMILES string of the molecule is CCN(CC)CCOc1ccc(CCCc2ccccc2)cc1. The van der Waals surface area contributed by atoms with Crippen LogP contribution < -0.4 is 4.74 Å². The molecule has 0 aliphatic heterocycles. The summed E-state index contributed by atoms with van der Waals surface area (Å²) < 4.78 is 5.83. The second kappa shape index (κ2) is 10.1. The van der Waals surface area contributed by atoms with E-state index in [9.17, 15) is 0 Å². The number of benzene rings is 2. The van der Waals surface area contributed by atoms with E-state index in [2.05, 4.69) is 73.3 Å². The van der Waals surface area contributed by atoms with Gasteiger partial charge in [-0.05, 0) is 55.6 Å². The maximum atomic E-state index is 5.83. The fourth-order valence-electron chi connectivity index (χ4n) is 2.73. The topological polar surface area (TPSA) is 12.5 Å². The lowest BCUT2D eigenvalue weighted by Crippen LogP contribution is -2.27. The van der Waals surface area contributed by atoms with Crippen molar-refractivity contribution in [2.45, 2.75) is 33.1 Å². The molecule has 0 fully saturated rings. The molecule has 2 heteroatoms. The van der Waals surface area contributed by atoms with Crippen LogP contribution >= 0.6 is 0 Å². The van der Waals surface area contributed by atoms with E-state index in [0.717, 1.165) is 44.8 Å². The first kappa shape index (κ1) is 17.6. The number of ether oxygens (including phenoxy) is 1. The Morgan fingerprint density at radius 1 is 0.783 bits per heavy atom. The van der Waals surface area contributed by atoms with E-state index >= 15 is 0 Å². The van der Waals surface area contributed by atoms with Gasteiger partial charge in [-0.15, -0.1) is 0 Å². The smallest absolute Gasteiger partial charge is 0.119 e. The van der Waals surface area contributed by atoms with Gasteiger partial charge in [-0.25, -0.2) is 0 Å². The van der Waals surface area contributed by atoms with E-state index in [-0.39, 0.29) is 0 Å². The minimum atomic E-state index is 0.759. The van der Waals surface area contributed by atoms with Crippen molar-refractivity contribution in [3.8, 4) is 5.75 Å². The summed E-state index contributed by atoms with van der Waals surface area (Å²) in [6, 6.07) is 19.3. The van der Waals surface area contributed by atoms with Gasteiger partial charge in [0.25, 0.3) is 0 Å². The van der Waals surface area contributed by atoms with Crippen molar-refractivity contribution in [3.05, 3.63) is 65.7 Å². The van der Waals surface area contributed by atoms with Gasteiger partial charge in [0.15, 0.2) is 0 Å². The Morgan fingerprint density at radius 2 is 1.39 bits per heavy atom. The second-order valence-electron chi connectivity index (χ2n) is 5.86. The quantitative estimate of drug-likeness (QED) is 0.636. The fraction of sp³-hybridized carbons (Fsp3) is 0.429. The number of rotatable bonds is 10. The molecule has 124 valence electrons. The van der Waals surface area contributed by atoms with Crippen molar-refractivity contribution in [3.63, 3.8) is 0 Å². The van der Waals surface area contributed by atoms with Crippen LogP contribution in [0.2, 0.25) is 0 Å². The van der Waals surface area contributed by atoms with Crippen LogP contribution in [-0.4, -0.2) is 31.1 Å². The molecule has 0 N–H and O–H groups in total. The van der Waals surface area contributed by atoms with Gasteiger partial charge in [0.1, 0.15) is 12.4 Å². The molecule has 0 amide bonds. The minimum absolute atomic E-state index is 0.759. The number of hydrogen-bond acceptors (Lipinski definition) is 2. The molecule has 23 heavy (non-hydrogen) atoms. The van der Waals surface area contributed by atoms with Gasteiger partial charge in [0, 0.05) is 6.54 Å². The molecule has 0 saturated heterocycles. The lowest BCUT2D eigenvalue weighted by atomic mass is 10.0. The molecular formula is C21H29NO. The first-order chi connectivity index (χ1) is 11.3. The Labute approximate surface area is 141 Å². The van der Waals surface area contributed by atoms with E-state index < -0.39 is 0 Å². The Bertz CT molecular complexity index is 532. The zero-order valence-corrected chi connectivity index (χ0v) is 14.5. The van der Waals surface area contributed by atoms with Crippen molar-refractivity contribution in [2.75, 3.05) is 26.2 Å². The van der Waals surface area contributed by atoms with E-state index in [1.54, 1.807) is 0 Å². The van der Waals surface area contributed by atoms with Crippen LogP contribution in [0.25, 0.3) is 0 Å². The molecule has 0 bridgehead atoms. The number of hydrogen-bond donors (Lipinski definition) is 0. The Morgan fingerprint density at radius 3 is 2.00 bits per heavy atom. The minimum Gasteiger partial charge on any atom is -0.492 e. The summed E-state index contributed by atoms with van der Waals surface area (Å²) in [6.45, 7) is 8.29. The van der Waals surface area contributed by atoms with Crippen molar-refractivity contribution in [1.29, 1.82) is 0 Å². The predicted molar refractivity (Wildman–Crippen MR) is 98.2 cm³/mol. The summed E-state index contributed by atoms with van der Waals surface area (Å²) in [5.74, 6) is 0.976. The standard InChI is InChI=1S/C21H29NO/c1-3-22(4-2)17-18-23-21-15-13-20(14-16-21)12-8-11-19-9-6-5-7-10-19/h5-7,9-10,13-16H,3-4,8,11-12,17-18H2,1-2H3. The van der Waals surface area contributed by atoms with Crippen molar-refractivity contribution in [1.82, 2.24) is 4.90 Å². The highest BCUT2D eigenvalue weighted by atomic mass is 16.5. The Balaban J connectivity index is 1.69. The number of aryl methyl sites for hydroxylation is 2. The van der Waals surface area contributed by atoms with Crippen molar-refractivity contribution in [2.24, 2.45) is 0 Å². The van der Waals surface area contributed by atoms with Crippen molar-refractivity contribution >= 4 is 0 Å². The summed E-state index contributed by atoms with van der Waals surface area (Å²) in [4.78, 5) is 2.37. The van der Waals surface area contributed by atoms with E-state index in [0.29, 0.717) is 0 Å². The zero-order valence-electron chi connectivity index (χ0n) is 14.5. The average molecular weight is 311 g/mol. The molecule has 0 spiro atoms. The highest BCUT2D eigenvalue weighted by molar-refractivity contribution is 5.27. The molecule has 0 atom stereocenters. The maximum Gasteiger partial charge on any atom is 0.119 e. The molecule has 2 aromatic carbocycles. The predicted octanol–water partition coefficient (Wildman–Crippen LogP) is 4.58. The molecule has 2 nitrogen and oxygen atoms in total. The Hall–Kier alpha value is -1.80. The van der Waals surface area contributed by atoms with Gasteiger partial charge >= 0.3 is 0 Å². The molecule has 2 rings (SSSR count). The van der Waals surface area contributed by atoms with Crippen LogP contribution in [0.1, 0.15) is 31.4 Å². The maximum absolute atomic E-state index is 5.83. The lowest BCUT2D eigenvalue weighted by Gasteiger charge is -2.18. The summed E-state index contributed by atoms with van der Waals surface area (Å²) >= 11 is 0. The first-order valence-electron chi connectivity index (χ1n) is 8.79. The Kier molecular flexibility index (Phi) is 7.68. The van der Waals surface area contributed by atoms with Gasteiger partial charge < -0.3 is 9.64 Å². The highest BCUT2D eigenvalue weighted by Crippen LogP contribution is 2.14. The molecule has 0 aromatic heterocycles. The molecule has 0 aliphatic carbocycles. The van der Waals surface area contributed by atoms with Gasteiger partial charge in [-0.2, -0.15) is 0 Å². The highest BCUT2D eigenvalue weighted by Gasteiger charge is 2.00. The van der Waals surface area contributed by atoms with Crippen LogP contribution in [0.15, 0.2) is 54.6 Å². The van der Waals surface area contributed by atoms with E-state index in [1.165, 1.54) is 17.5 Å². The van der Waals surface area contributed by atoms with Crippen LogP contribution in [-0.2, 0) is 12.8 Å². The van der Waals surface area contributed by atoms with Crippen LogP contribution in [0, 0.1) is 0 Å². The molecule has 0 aliphatic rings. The molecule has 0 heterocycles. The third-order valence-corrected chi connectivity index (χ3v) is 4.27. The molecular weight excluding hydrogens is 282 g/mol. The number of likely N-dealkylation sites (N-methyl/N-ethyl adjacent to an activating group) is 1. The average Bonchev–Trinajstić information content (AvgIpc) is 2.61. The van der Waals surface area contributed by atoms with Gasteiger partial charge in [-0.3, -0.25) is 0 Å². The summed E-state index contributed by atoms with van der Waals surface area (Å²) in [5.41, 5.74) is 2.81. The third-order valence-electron chi connectivity index (χ3n) is 4.27. The second-order valence-corrected chi connectivity index (χ2v) is 5.86. The van der Waals surface area contributed by atoms with Crippen LogP contribution in [0.5, 0.6) is 5.75 Å². The summed E-state index contributed by atoms with van der Waals surface area (Å²) in [5, 5.41) is 0. The monoisotopic (exact) mass is 311 g/mol. The molecule has 2 aromatic rings. The van der Waals surface area contributed by atoms with Crippen LogP contribution in [0.4, 0.5) is 0 Å². The number of nitrogens with zero attached hydrogens (tertiary/aromatic N) is 1. The first-order valence-corrected chi connectivity index (χ1v) is 8.79. The van der Waals surface area contributed by atoms with E-state index in [1.807, 2.05) is 0 Å². The van der Waals surface area contributed by atoms with Gasteiger partial charge in [0.05, 0.1) is 0 Å². The fourth-order valence-corrected chi connectivity index (χ4v) is 2.73. The van der Waals surface area contributed by atoms with E-state index in [4.69, 9.17) is 4.74 Å². The third kappa shape index (κ3) is 6.45.